The summed E-state index contributed by atoms with van der Waals surface area (Å²) < 4.78 is 3.94. The van der Waals surface area contributed by atoms with Gasteiger partial charge in [-0.15, -0.1) is 22.7 Å². The minimum absolute atomic E-state index is 1.21. The zero-order chi connectivity index (χ0) is 31.5. The van der Waals surface area contributed by atoms with Crippen LogP contribution in [0.1, 0.15) is 17.4 Å². The van der Waals surface area contributed by atoms with Gasteiger partial charge in [0.15, 0.2) is 0 Å². The maximum absolute atomic E-state index is 4.20. The standard InChI is InChI=1S/C45H30S2/c1-3-12-40-32(4-2)37-26-31(21-23-42(37)46-40)45-35-17-9-8-16-34(35)44(36-22-19-29(25-39(36)45)28-13-6-5-7-14-28)30-20-24-43-38(27-30)33-15-10-11-18-41(33)47-43/h3-27H,2H2,1H3/b12-3-. The molecule has 2 aromatic heterocycles. The van der Waals surface area contributed by atoms with Crippen molar-refractivity contribution < 1.29 is 0 Å². The Labute approximate surface area is 282 Å². The van der Waals surface area contributed by atoms with Crippen molar-refractivity contribution in [2.45, 2.75) is 6.92 Å². The van der Waals surface area contributed by atoms with Gasteiger partial charge >= 0.3 is 0 Å². The summed E-state index contributed by atoms with van der Waals surface area (Å²) in [5, 5.41) is 8.96. The molecule has 0 atom stereocenters. The normalized spacial score (nSPS) is 11.9. The molecule has 47 heavy (non-hydrogen) atoms. The molecule has 0 radical (unpaired) electrons. The van der Waals surface area contributed by atoms with Crippen molar-refractivity contribution in [2.24, 2.45) is 0 Å². The first-order chi connectivity index (χ1) is 23.2. The van der Waals surface area contributed by atoms with Gasteiger partial charge in [-0.05, 0) is 110 Å². The van der Waals surface area contributed by atoms with Gasteiger partial charge in [-0.25, -0.2) is 0 Å². The molecule has 7 aromatic carbocycles. The molecule has 0 spiro atoms. The lowest BCUT2D eigenvalue weighted by Gasteiger charge is -2.19. The summed E-state index contributed by atoms with van der Waals surface area (Å²) >= 11 is 3.70. The van der Waals surface area contributed by atoms with Crippen LogP contribution in [-0.2, 0) is 0 Å². The van der Waals surface area contributed by atoms with Crippen molar-refractivity contribution in [3.63, 3.8) is 0 Å². The van der Waals surface area contributed by atoms with Crippen LogP contribution in [0.15, 0.2) is 146 Å². The molecule has 0 bridgehead atoms. The smallest absolute Gasteiger partial charge is 0.0355 e. The zero-order valence-corrected chi connectivity index (χ0v) is 27.6. The van der Waals surface area contributed by atoms with Gasteiger partial charge in [0.1, 0.15) is 0 Å². The molecular weight excluding hydrogens is 605 g/mol. The summed E-state index contributed by atoms with van der Waals surface area (Å²) in [6.45, 7) is 6.27. The topological polar surface area (TPSA) is 0 Å². The van der Waals surface area contributed by atoms with Crippen LogP contribution in [0.5, 0.6) is 0 Å². The lowest BCUT2D eigenvalue weighted by Crippen LogP contribution is -1.92. The second kappa shape index (κ2) is 11.2. The maximum Gasteiger partial charge on any atom is 0.0355 e. The Bertz CT molecular complexity index is 2700. The number of hydrogen-bond donors (Lipinski definition) is 0. The molecule has 0 unspecified atom stereocenters. The number of fused-ring (bicyclic) bond motifs is 6. The second-order valence-corrected chi connectivity index (χ2v) is 14.2. The number of rotatable bonds is 5. The average Bonchev–Trinajstić information content (AvgIpc) is 3.67. The molecule has 9 rings (SSSR count). The highest BCUT2D eigenvalue weighted by Gasteiger charge is 2.19. The molecule has 9 aromatic rings. The van der Waals surface area contributed by atoms with Crippen molar-refractivity contribution in [3.8, 4) is 33.4 Å². The Morgan fingerprint density at radius 1 is 0.447 bits per heavy atom. The minimum Gasteiger partial charge on any atom is -0.135 e. The molecule has 0 nitrogen and oxygen atoms in total. The molecule has 0 N–H and O–H groups in total. The first kappa shape index (κ1) is 28.0. The van der Waals surface area contributed by atoms with E-state index in [9.17, 15) is 0 Å². The van der Waals surface area contributed by atoms with Crippen LogP contribution in [-0.4, -0.2) is 0 Å². The molecule has 0 aliphatic heterocycles. The third-order valence-electron chi connectivity index (χ3n) is 9.36. The highest BCUT2D eigenvalue weighted by atomic mass is 32.1. The fraction of sp³-hybridized carbons (Fsp3) is 0.0222. The number of hydrogen-bond acceptors (Lipinski definition) is 2. The summed E-state index contributed by atoms with van der Waals surface area (Å²) in [6, 6.07) is 49.5. The van der Waals surface area contributed by atoms with Gasteiger partial charge in [0, 0.05) is 35.1 Å². The van der Waals surface area contributed by atoms with E-state index in [1.54, 1.807) is 0 Å². The highest BCUT2D eigenvalue weighted by molar-refractivity contribution is 7.25. The lowest BCUT2D eigenvalue weighted by molar-refractivity contribution is 1.64. The summed E-state index contributed by atoms with van der Waals surface area (Å²) in [5.41, 5.74) is 8.68. The number of allylic oxidation sites excluding steroid dienone is 1. The summed E-state index contributed by atoms with van der Waals surface area (Å²) in [7, 11) is 0. The quantitative estimate of drug-likeness (QED) is 0.165. The van der Waals surface area contributed by atoms with Crippen LogP contribution in [0.3, 0.4) is 0 Å². The Morgan fingerprint density at radius 3 is 1.72 bits per heavy atom. The third kappa shape index (κ3) is 4.48. The van der Waals surface area contributed by atoms with Gasteiger partial charge in [0.25, 0.3) is 0 Å². The summed E-state index contributed by atoms with van der Waals surface area (Å²) in [5.74, 6) is 0. The van der Waals surface area contributed by atoms with E-state index in [-0.39, 0.29) is 0 Å². The van der Waals surface area contributed by atoms with Crippen LogP contribution in [0.25, 0.3) is 97.3 Å². The monoisotopic (exact) mass is 634 g/mol. The van der Waals surface area contributed by atoms with E-state index in [1.807, 2.05) is 28.7 Å². The van der Waals surface area contributed by atoms with E-state index in [0.717, 1.165) is 0 Å². The van der Waals surface area contributed by atoms with E-state index in [0.29, 0.717) is 0 Å². The predicted octanol–water partition coefficient (Wildman–Crippen LogP) is 14.3. The van der Waals surface area contributed by atoms with E-state index in [2.05, 4.69) is 159 Å². The Kier molecular flexibility index (Phi) is 6.67. The fourth-order valence-electron chi connectivity index (χ4n) is 7.27. The third-order valence-corrected chi connectivity index (χ3v) is 11.7. The molecule has 0 fully saturated rings. The van der Waals surface area contributed by atoms with Crippen LogP contribution < -0.4 is 0 Å². The van der Waals surface area contributed by atoms with Crippen LogP contribution in [0.2, 0.25) is 0 Å². The van der Waals surface area contributed by atoms with E-state index < -0.39 is 0 Å². The highest BCUT2D eigenvalue weighted by Crippen LogP contribution is 2.47. The van der Waals surface area contributed by atoms with Crippen molar-refractivity contribution in [1.82, 2.24) is 0 Å². The zero-order valence-electron chi connectivity index (χ0n) is 26.0. The van der Waals surface area contributed by atoms with Gasteiger partial charge in [-0.2, -0.15) is 0 Å². The van der Waals surface area contributed by atoms with Gasteiger partial charge in [0.2, 0.25) is 0 Å². The lowest BCUT2D eigenvalue weighted by atomic mass is 9.84. The molecule has 0 amide bonds. The number of thiophene rings is 2. The Hall–Kier alpha value is -5.28. The van der Waals surface area contributed by atoms with Gasteiger partial charge in [-0.1, -0.05) is 116 Å². The van der Waals surface area contributed by atoms with Crippen molar-refractivity contribution >= 4 is 86.6 Å². The predicted molar refractivity (Wildman–Crippen MR) is 211 cm³/mol. The van der Waals surface area contributed by atoms with Crippen molar-refractivity contribution in [2.75, 3.05) is 0 Å². The van der Waals surface area contributed by atoms with Crippen LogP contribution in [0.4, 0.5) is 0 Å². The van der Waals surface area contributed by atoms with Crippen LogP contribution in [0, 0.1) is 0 Å². The van der Waals surface area contributed by atoms with Crippen molar-refractivity contribution in [3.05, 3.63) is 157 Å². The average molecular weight is 635 g/mol. The second-order valence-electron chi connectivity index (χ2n) is 12.0. The van der Waals surface area contributed by atoms with Gasteiger partial charge in [-0.3, -0.25) is 0 Å². The first-order valence-electron chi connectivity index (χ1n) is 16.0. The molecule has 0 aliphatic carbocycles. The molecular formula is C45H30S2. The summed E-state index contributed by atoms with van der Waals surface area (Å²) in [4.78, 5) is 1.25. The van der Waals surface area contributed by atoms with Crippen LogP contribution >= 0.6 is 22.7 Å². The molecule has 0 saturated carbocycles. The number of benzene rings is 7. The van der Waals surface area contributed by atoms with Gasteiger partial charge in [0.05, 0.1) is 0 Å². The SMILES string of the molecule is C=Cc1c(/C=C\C)sc2ccc(-c3c4ccccc4c(-c4ccc5sc6ccccc6c5c4)c4ccc(-c5ccccc5)cc34)cc12. The fourth-order valence-corrected chi connectivity index (χ4v) is 9.51. The maximum atomic E-state index is 4.20. The molecule has 0 saturated heterocycles. The summed E-state index contributed by atoms with van der Waals surface area (Å²) in [6.07, 6.45) is 6.31. The van der Waals surface area contributed by atoms with E-state index >= 15 is 0 Å². The Morgan fingerprint density at radius 2 is 1.00 bits per heavy atom. The van der Waals surface area contributed by atoms with Gasteiger partial charge < -0.3 is 0 Å². The molecule has 2 heterocycles. The van der Waals surface area contributed by atoms with E-state index in [4.69, 9.17) is 0 Å². The molecule has 0 aliphatic rings. The first-order valence-corrected chi connectivity index (χ1v) is 17.6. The minimum atomic E-state index is 1.21. The van der Waals surface area contributed by atoms with Crippen molar-refractivity contribution in [1.29, 1.82) is 0 Å². The van der Waals surface area contributed by atoms with E-state index in [1.165, 1.54) is 95.6 Å². The largest absolute Gasteiger partial charge is 0.135 e. The molecule has 2 heteroatoms. The Balaban J connectivity index is 1.40. The molecule has 222 valence electrons.